The van der Waals surface area contributed by atoms with Gasteiger partial charge in [0, 0.05) is 16.1 Å². The summed E-state index contributed by atoms with van der Waals surface area (Å²) in [6, 6.07) is 5.23. The third-order valence-electron chi connectivity index (χ3n) is 2.82. The standard InChI is InChI=1S/C13H15FN2S/c1-8-11(14)5-4-6-12(8)16-10(3)13-9(2)15-7-17-13/h4-7,10,16H,1-3H3. The van der Waals surface area contributed by atoms with Crippen molar-refractivity contribution in [3.63, 3.8) is 0 Å². The van der Waals surface area contributed by atoms with Crippen LogP contribution in [-0.2, 0) is 0 Å². The van der Waals surface area contributed by atoms with Crippen LogP contribution in [0.1, 0.15) is 29.1 Å². The zero-order valence-electron chi connectivity index (χ0n) is 10.1. The van der Waals surface area contributed by atoms with Crippen LogP contribution in [0.2, 0.25) is 0 Å². The quantitative estimate of drug-likeness (QED) is 0.888. The van der Waals surface area contributed by atoms with Crippen molar-refractivity contribution in [1.29, 1.82) is 0 Å². The summed E-state index contributed by atoms with van der Waals surface area (Å²) in [7, 11) is 0. The fraction of sp³-hybridized carbons (Fsp3) is 0.308. The number of halogens is 1. The van der Waals surface area contributed by atoms with Crippen molar-refractivity contribution in [3.8, 4) is 0 Å². The molecule has 0 bridgehead atoms. The van der Waals surface area contributed by atoms with Crippen LogP contribution in [0.25, 0.3) is 0 Å². The third-order valence-corrected chi connectivity index (χ3v) is 3.93. The molecule has 0 aliphatic rings. The topological polar surface area (TPSA) is 24.9 Å². The molecule has 0 saturated carbocycles. The van der Waals surface area contributed by atoms with Gasteiger partial charge in [-0.05, 0) is 32.9 Å². The number of anilines is 1. The van der Waals surface area contributed by atoms with Gasteiger partial charge in [-0.2, -0.15) is 0 Å². The Morgan fingerprint density at radius 1 is 1.35 bits per heavy atom. The summed E-state index contributed by atoms with van der Waals surface area (Å²) in [6.07, 6.45) is 0. The number of nitrogens with one attached hydrogen (secondary N) is 1. The Kier molecular flexibility index (Phi) is 3.43. The van der Waals surface area contributed by atoms with Crippen LogP contribution in [0, 0.1) is 19.7 Å². The smallest absolute Gasteiger partial charge is 0.128 e. The zero-order valence-corrected chi connectivity index (χ0v) is 10.9. The molecule has 17 heavy (non-hydrogen) atoms. The van der Waals surface area contributed by atoms with Gasteiger partial charge in [0.1, 0.15) is 5.82 Å². The lowest BCUT2D eigenvalue weighted by Gasteiger charge is -2.16. The van der Waals surface area contributed by atoms with Crippen molar-refractivity contribution in [1.82, 2.24) is 4.98 Å². The number of aryl methyl sites for hydroxylation is 1. The Bertz CT molecular complexity index is 522. The average Bonchev–Trinajstić information content (AvgIpc) is 2.71. The number of thiazole rings is 1. The first kappa shape index (κ1) is 12.0. The zero-order chi connectivity index (χ0) is 12.4. The Morgan fingerprint density at radius 3 is 2.76 bits per heavy atom. The third kappa shape index (κ3) is 2.47. The molecular weight excluding hydrogens is 235 g/mol. The summed E-state index contributed by atoms with van der Waals surface area (Å²) >= 11 is 1.62. The molecule has 0 aliphatic carbocycles. The van der Waals surface area contributed by atoms with E-state index in [1.54, 1.807) is 24.3 Å². The predicted molar refractivity (Wildman–Crippen MR) is 70.0 cm³/mol. The molecule has 1 N–H and O–H groups in total. The first-order valence-corrected chi connectivity index (χ1v) is 6.39. The first-order valence-electron chi connectivity index (χ1n) is 5.51. The molecule has 0 spiro atoms. The van der Waals surface area contributed by atoms with Gasteiger partial charge in [-0.25, -0.2) is 9.37 Å². The summed E-state index contributed by atoms with van der Waals surface area (Å²) in [5.41, 5.74) is 4.36. The van der Waals surface area contributed by atoms with Crippen LogP contribution in [-0.4, -0.2) is 4.98 Å². The number of aromatic nitrogens is 1. The van der Waals surface area contributed by atoms with E-state index in [9.17, 15) is 4.39 Å². The van der Waals surface area contributed by atoms with E-state index in [1.807, 2.05) is 18.5 Å². The molecule has 1 atom stereocenters. The minimum atomic E-state index is -0.178. The minimum absolute atomic E-state index is 0.142. The lowest BCUT2D eigenvalue weighted by atomic mass is 10.1. The van der Waals surface area contributed by atoms with Gasteiger partial charge in [0.25, 0.3) is 0 Å². The Hall–Kier alpha value is -1.42. The summed E-state index contributed by atoms with van der Waals surface area (Å²) < 4.78 is 13.4. The van der Waals surface area contributed by atoms with Gasteiger partial charge >= 0.3 is 0 Å². The Labute approximate surface area is 105 Å². The molecule has 0 radical (unpaired) electrons. The molecule has 0 aliphatic heterocycles. The van der Waals surface area contributed by atoms with Gasteiger partial charge in [-0.3, -0.25) is 0 Å². The predicted octanol–water partition coefficient (Wildman–Crippen LogP) is 4.07. The first-order chi connectivity index (χ1) is 8.09. The second-order valence-corrected chi connectivity index (χ2v) is 4.97. The molecule has 2 rings (SSSR count). The number of rotatable bonds is 3. The largest absolute Gasteiger partial charge is 0.377 e. The Balaban J connectivity index is 2.22. The molecule has 0 fully saturated rings. The van der Waals surface area contributed by atoms with E-state index >= 15 is 0 Å². The molecule has 90 valence electrons. The molecule has 1 aromatic carbocycles. The summed E-state index contributed by atoms with van der Waals surface area (Å²) in [4.78, 5) is 5.41. The number of hydrogen-bond donors (Lipinski definition) is 1. The second-order valence-electron chi connectivity index (χ2n) is 4.08. The van der Waals surface area contributed by atoms with Crippen LogP contribution in [0.15, 0.2) is 23.7 Å². The van der Waals surface area contributed by atoms with Gasteiger partial charge in [-0.15, -0.1) is 11.3 Å². The summed E-state index contributed by atoms with van der Waals surface area (Å²) in [5.74, 6) is -0.178. The normalized spacial score (nSPS) is 12.5. The van der Waals surface area contributed by atoms with Crippen molar-refractivity contribution in [2.24, 2.45) is 0 Å². The lowest BCUT2D eigenvalue weighted by molar-refractivity contribution is 0.618. The van der Waals surface area contributed by atoms with Gasteiger partial charge in [-0.1, -0.05) is 6.07 Å². The van der Waals surface area contributed by atoms with Crippen molar-refractivity contribution < 1.29 is 4.39 Å². The van der Waals surface area contributed by atoms with Crippen molar-refractivity contribution in [2.75, 3.05) is 5.32 Å². The molecular formula is C13H15FN2S. The van der Waals surface area contributed by atoms with Crippen LogP contribution >= 0.6 is 11.3 Å². The monoisotopic (exact) mass is 250 g/mol. The van der Waals surface area contributed by atoms with Crippen LogP contribution in [0.4, 0.5) is 10.1 Å². The molecule has 1 unspecified atom stereocenters. The molecule has 2 aromatic rings. The molecule has 4 heteroatoms. The highest BCUT2D eigenvalue weighted by Gasteiger charge is 2.12. The maximum Gasteiger partial charge on any atom is 0.128 e. The highest BCUT2D eigenvalue weighted by atomic mass is 32.1. The number of benzene rings is 1. The van der Waals surface area contributed by atoms with Crippen molar-refractivity contribution in [3.05, 3.63) is 45.7 Å². The van der Waals surface area contributed by atoms with Gasteiger partial charge in [0.05, 0.1) is 17.2 Å². The maximum atomic E-state index is 13.4. The van der Waals surface area contributed by atoms with E-state index in [0.29, 0.717) is 5.56 Å². The molecule has 0 saturated heterocycles. The summed E-state index contributed by atoms with van der Waals surface area (Å²) in [5, 5.41) is 3.32. The van der Waals surface area contributed by atoms with Crippen molar-refractivity contribution in [2.45, 2.75) is 26.8 Å². The van der Waals surface area contributed by atoms with Crippen molar-refractivity contribution >= 4 is 17.0 Å². The van der Waals surface area contributed by atoms with E-state index in [4.69, 9.17) is 0 Å². The van der Waals surface area contributed by atoms with E-state index < -0.39 is 0 Å². The molecule has 1 aromatic heterocycles. The number of hydrogen-bond acceptors (Lipinski definition) is 3. The van der Waals surface area contributed by atoms with E-state index in [1.165, 1.54) is 10.9 Å². The summed E-state index contributed by atoms with van der Waals surface area (Å²) in [6.45, 7) is 5.83. The van der Waals surface area contributed by atoms with Gasteiger partial charge in [0.15, 0.2) is 0 Å². The SMILES string of the molecule is Cc1ncsc1C(C)Nc1cccc(F)c1C. The second kappa shape index (κ2) is 4.84. The average molecular weight is 250 g/mol. The van der Waals surface area contributed by atoms with E-state index in [0.717, 1.165) is 11.4 Å². The highest BCUT2D eigenvalue weighted by molar-refractivity contribution is 7.09. The van der Waals surface area contributed by atoms with Crippen LogP contribution in [0.5, 0.6) is 0 Å². The molecule has 0 amide bonds. The Morgan fingerprint density at radius 2 is 2.12 bits per heavy atom. The number of nitrogens with zero attached hydrogens (tertiary/aromatic N) is 1. The van der Waals surface area contributed by atoms with E-state index in [-0.39, 0.29) is 11.9 Å². The lowest BCUT2D eigenvalue weighted by Crippen LogP contribution is -2.08. The van der Waals surface area contributed by atoms with Crippen LogP contribution in [0.3, 0.4) is 0 Å². The minimum Gasteiger partial charge on any atom is -0.377 e. The van der Waals surface area contributed by atoms with Gasteiger partial charge < -0.3 is 5.32 Å². The molecule has 1 heterocycles. The molecule has 2 nitrogen and oxygen atoms in total. The maximum absolute atomic E-state index is 13.4. The van der Waals surface area contributed by atoms with Gasteiger partial charge in [0.2, 0.25) is 0 Å². The fourth-order valence-corrected chi connectivity index (χ4v) is 2.60. The van der Waals surface area contributed by atoms with Crippen LogP contribution < -0.4 is 5.32 Å². The van der Waals surface area contributed by atoms with E-state index in [2.05, 4.69) is 17.2 Å². The highest BCUT2D eigenvalue weighted by Crippen LogP contribution is 2.27. The fourth-order valence-electron chi connectivity index (χ4n) is 1.79.